The maximum Gasteiger partial charge on any atom is 0.339 e. The van der Waals surface area contributed by atoms with Gasteiger partial charge in [-0.3, -0.25) is 0 Å². The van der Waals surface area contributed by atoms with Gasteiger partial charge in [-0.2, -0.15) is 0 Å². The Morgan fingerprint density at radius 2 is 2.11 bits per heavy atom. The largest absolute Gasteiger partial charge is 0.478 e. The first kappa shape index (κ1) is 15.4. The first-order chi connectivity index (χ1) is 8.61. The zero-order valence-corrected chi connectivity index (χ0v) is 11.8. The number of rotatable bonds is 6. The normalized spacial score (nSPS) is 12.2. The summed E-state index contributed by atoms with van der Waals surface area (Å²) in [6, 6.07) is 2.95. The number of carboxylic acids is 1. The van der Waals surface area contributed by atoms with E-state index in [4.69, 9.17) is 5.11 Å². The second-order valence-corrected chi connectivity index (χ2v) is 6.56. The molecule has 0 fully saturated rings. The molecule has 106 valence electrons. The molecule has 0 amide bonds. The predicted octanol–water partition coefficient (Wildman–Crippen LogP) is 0.519. The van der Waals surface area contributed by atoms with Crippen LogP contribution in [0.5, 0.6) is 0 Å². The summed E-state index contributed by atoms with van der Waals surface area (Å²) in [7, 11) is -3.34. The summed E-state index contributed by atoms with van der Waals surface area (Å²) in [6.07, 6.45) is 2.53. The molecule has 0 saturated carbocycles. The summed E-state index contributed by atoms with van der Waals surface area (Å²) in [5, 5.41) is 11.8. The first-order valence-electron chi connectivity index (χ1n) is 5.52. The van der Waals surface area contributed by atoms with E-state index in [1.807, 2.05) is 0 Å². The van der Waals surface area contributed by atoms with Crippen molar-refractivity contribution >= 4 is 21.8 Å². The van der Waals surface area contributed by atoms with E-state index in [2.05, 4.69) is 15.0 Å². The SMILES string of the molecule is CC(C)(CNc1ncccc1C(=O)O)NS(C)(=O)=O. The highest BCUT2D eigenvalue weighted by Crippen LogP contribution is 2.13. The minimum absolute atomic E-state index is 0.0395. The highest BCUT2D eigenvalue weighted by molar-refractivity contribution is 7.88. The van der Waals surface area contributed by atoms with E-state index in [1.54, 1.807) is 13.8 Å². The molecule has 1 aromatic heterocycles. The summed E-state index contributed by atoms with van der Waals surface area (Å²) >= 11 is 0. The fourth-order valence-corrected chi connectivity index (χ4v) is 2.64. The number of carbonyl (C=O) groups is 1. The maximum atomic E-state index is 11.2. The van der Waals surface area contributed by atoms with Crippen LogP contribution in [-0.2, 0) is 10.0 Å². The molecule has 0 saturated heterocycles. The van der Waals surface area contributed by atoms with Crippen molar-refractivity contribution in [2.75, 3.05) is 18.1 Å². The lowest BCUT2D eigenvalue weighted by molar-refractivity contribution is 0.0697. The molecule has 0 aromatic carbocycles. The molecule has 8 heteroatoms. The molecular weight excluding hydrogens is 270 g/mol. The lowest BCUT2D eigenvalue weighted by atomic mass is 10.1. The molecule has 0 spiro atoms. The van der Waals surface area contributed by atoms with Crippen LogP contribution < -0.4 is 10.0 Å². The number of nitrogens with zero attached hydrogens (tertiary/aromatic N) is 1. The van der Waals surface area contributed by atoms with Crippen molar-refractivity contribution in [3.8, 4) is 0 Å². The molecule has 0 unspecified atom stereocenters. The van der Waals surface area contributed by atoms with Crippen molar-refractivity contribution in [2.45, 2.75) is 19.4 Å². The van der Waals surface area contributed by atoms with Crippen molar-refractivity contribution in [3.05, 3.63) is 23.9 Å². The quantitative estimate of drug-likeness (QED) is 0.704. The monoisotopic (exact) mass is 287 g/mol. The number of nitrogens with one attached hydrogen (secondary N) is 2. The Hall–Kier alpha value is -1.67. The fraction of sp³-hybridized carbons (Fsp3) is 0.455. The number of carboxylic acid groups (broad SMARTS) is 1. The molecule has 7 nitrogen and oxygen atoms in total. The Kier molecular flexibility index (Phi) is 4.48. The topological polar surface area (TPSA) is 108 Å². The Morgan fingerprint density at radius 3 is 2.63 bits per heavy atom. The first-order valence-corrected chi connectivity index (χ1v) is 7.41. The molecular formula is C11H17N3O4S. The highest BCUT2D eigenvalue weighted by Gasteiger charge is 2.22. The molecule has 1 rings (SSSR count). The van der Waals surface area contributed by atoms with Crippen LogP contribution in [0.25, 0.3) is 0 Å². The van der Waals surface area contributed by atoms with Gasteiger partial charge in [-0.15, -0.1) is 0 Å². The smallest absolute Gasteiger partial charge is 0.339 e. The van der Waals surface area contributed by atoms with Gasteiger partial charge in [0.2, 0.25) is 10.0 Å². The molecule has 0 aliphatic heterocycles. The molecule has 0 aliphatic carbocycles. The molecule has 19 heavy (non-hydrogen) atoms. The number of anilines is 1. The second-order valence-electron chi connectivity index (χ2n) is 4.82. The number of hydrogen-bond donors (Lipinski definition) is 3. The lowest BCUT2D eigenvalue weighted by Crippen LogP contribution is -2.48. The number of aromatic carboxylic acids is 1. The molecule has 0 radical (unpaired) electrons. The minimum Gasteiger partial charge on any atom is -0.478 e. The lowest BCUT2D eigenvalue weighted by Gasteiger charge is -2.25. The number of pyridine rings is 1. The Morgan fingerprint density at radius 1 is 1.47 bits per heavy atom. The van der Waals surface area contributed by atoms with Gasteiger partial charge in [0.1, 0.15) is 11.4 Å². The zero-order valence-electron chi connectivity index (χ0n) is 11.0. The van der Waals surface area contributed by atoms with Crippen molar-refractivity contribution < 1.29 is 18.3 Å². The third kappa shape index (κ3) is 5.23. The molecule has 1 heterocycles. The highest BCUT2D eigenvalue weighted by atomic mass is 32.2. The van der Waals surface area contributed by atoms with Crippen molar-refractivity contribution in [1.82, 2.24) is 9.71 Å². The summed E-state index contributed by atoms with van der Waals surface area (Å²) < 4.78 is 24.8. The van der Waals surface area contributed by atoms with Crippen LogP contribution in [0.15, 0.2) is 18.3 Å². The third-order valence-corrected chi connectivity index (χ3v) is 3.12. The molecule has 0 aliphatic rings. The molecule has 3 N–H and O–H groups in total. The van der Waals surface area contributed by atoms with Gasteiger partial charge in [-0.1, -0.05) is 0 Å². The third-order valence-electron chi connectivity index (χ3n) is 2.20. The Balaban J connectivity index is 2.80. The molecule has 0 bridgehead atoms. The summed E-state index contributed by atoms with van der Waals surface area (Å²) in [5.41, 5.74) is -0.724. The van der Waals surface area contributed by atoms with Crippen LogP contribution in [0.2, 0.25) is 0 Å². The van der Waals surface area contributed by atoms with Gasteiger partial charge in [0.05, 0.1) is 6.26 Å². The van der Waals surface area contributed by atoms with Crippen LogP contribution in [0, 0.1) is 0 Å². The van der Waals surface area contributed by atoms with Crippen LogP contribution in [0.1, 0.15) is 24.2 Å². The van der Waals surface area contributed by atoms with Gasteiger partial charge < -0.3 is 10.4 Å². The van der Waals surface area contributed by atoms with Gasteiger partial charge >= 0.3 is 5.97 Å². The molecule has 1 aromatic rings. The van der Waals surface area contributed by atoms with Crippen molar-refractivity contribution in [3.63, 3.8) is 0 Å². The second kappa shape index (κ2) is 5.54. The van der Waals surface area contributed by atoms with Gasteiger partial charge in [0, 0.05) is 18.3 Å². The van der Waals surface area contributed by atoms with Crippen molar-refractivity contribution in [1.29, 1.82) is 0 Å². The van der Waals surface area contributed by atoms with Gasteiger partial charge in [-0.25, -0.2) is 22.9 Å². The Bertz CT molecular complexity index is 569. The predicted molar refractivity (Wildman–Crippen MR) is 71.7 cm³/mol. The van der Waals surface area contributed by atoms with Crippen LogP contribution in [-0.4, -0.2) is 42.8 Å². The number of hydrogen-bond acceptors (Lipinski definition) is 5. The molecule has 0 atom stereocenters. The van der Waals surface area contributed by atoms with Crippen LogP contribution in [0.4, 0.5) is 5.82 Å². The van der Waals surface area contributed by atoms with E-state index in [-0.39, 0.29) is 17.9 Å². The summed E-state index contributed by atoms with van der Waals surface area (Å²) in [5.74, 6) is -0.886. The van der Waals surface area contributed by atoms with E-state index in [0.29, 0.717) is 0 Å². The standard InChI is InChI=1S/C11H17N3O4S/c1-11(2,14-19(3,17)18)7-13-9-8(10(15)16)5-4-6-12-9/h4-6,14H,7H2,1-3H3,(H,12,13)(H,15,16). The van der Waals surface area contributed by atoms with Crippen LogP contribution >= 0.6 is 0 Å². The minimum atomic E-state index is -3.34. The van der Waals surface area contributed by atoms with E-state index in [1.165, 1.54) is 18.3 Å². The Labute approximate surface area is 112 Å². The average molecular weight is 287 g/mol. The van der Waals surface area contributed by atoms with Gasteiger partial charge in [0.25, 0.3) is 0 Å². The van der Waals surface area contributed by atoms with Gasteiger partial charge in [-0.05, 0) is 26.0 Å². The average Bonchev–Trinajstić information content (AvgIpc) is 2.23. The van der Waals surface area contributed by atoms with E-state index in [9.17, 15) is 13.2 Å². The van der Waals surface area contributed by atoms with Crippen molar-refractivity contribution in [2.24, 2.45) is 0 Å². The number of sulfonamides is 1. The maximum absolute atomic E-state index is 11.2. The van der Waals surface area contributed by atoms with E-state index in [0.717, 1.165) is 6.26 Å². The number of aromatic nitrogens is 1. The van der Waals surface area contributed by atoms with E-state index < -0.39 is 21.5 Å². The zero-order chi connectivity index (χ0) is 14.7. The summed E-state index contributed by atoms with van der Waals surface area (Å²) in [4.78, 5) is 14.9. The van der Waals surface area contributed by atoms with E-state index >= 15 is 0 Å². The fourth-order valence-electron chi connectivity index (χ4n) is 1.56. The van der Waals surface area contributed by atoms with Crippen LogP contribution in [0.3, 0.4) is 0 Å². The summed E-state index contributed by atoms with van der Waals surface area (Å²) in [6.45, 7) is 3.58. The van der Waals surface area contributed by atoms with Gasteiger partial charge in [0.15, 0.2) is 0 Å².